The molecule has 0 bridgehead atoms. The van der Waals surface area contributed by atoms with Crippen molar-refractivity contribution >= 4 is 29.2 Å². The summed E-state index contributed by atoms with van der Waals surface area (Å²) >= 11 is 6.03. The summed E-state index contributed by atoms with van der Waals surface area (Å²) < 4.78 is 5.03. The molecule has 0 saturated heterocycles. The van der Waals surface area contributed by atoms with Crippen LogP contribution < -0.4 is 10.1 Å². The number of carbonyl (C=O) groups excluding carboxylic acids is 1. The molecular weight excluding hydrogens is 294 g/mol. The van der Waals surface area contributed by atoms with Gasteiger partial charge in [0, 0.05) is 12.5 Å². The second-order valence-electron chi connectivity index (χ2n) is 5.24. The predicted molar refractivity (Wildman–Crippen MR) is 80.2 cm³/mol. The van der Waals surface area contributed by atoms with Gasteiger partial charge in [0.05, 0.1) is 17.8 Å². The van der Waals surface area contributed by atoms with Gasteiger partial charge in [0.1, 0.15) is 11.3 Å². The summed E-state index contributed by atoms with van der Waals surface area (Å²) in [6.07, 6.45) is 5.00. The van der Waals surface area contributed by atoms with E-state index in [1.807, 2.05) is 0 Å². The minimum absolute atomic E-state index is 0.0312. The van der Waals surface area contributed by atoms with Gasteiger partial charge in [-0.2, -0.15) is 0 Å². The molecule has 1 fully saturated rings. The quantitative estimate of drug-likeness (QED) is 0.871. The summed E-state index contributed by atoms with van der Waals surface area (Å²) in [5, 5.41) is 12.0. The Bertz CT molecular complexity index is 553. The molecule has 1 saturated carbocycles. The molecule has 1 aromatic rings. The molecule has 5 nitrogen and oxygen atoms in total. The normalized spacial score (nSPS) is 15.0. The monoisotopic (exact) mass is 311 g/mol. The molecule has 1 aliphatic carbocycles. The lowest BCUT2D eigenvalue weighted by atomic mass is 10.0. The van der Waals surface area contributed by atoms with E-state index in [9.17, 15) is 9.59 Å². The van der Waals surface area contributed by atoms with Gasteiger partial charge in [-0.25, -0.2) is 4.79 Å². The summed E-state index contributed by atoms with van der Waals surface area (Å²) in [6.45, 7) is 0. The molecule has 0 heterocycles. The van der Waals surface area contributed by atoms with Crippen molar-refractivity contribution in [3.8, 4) is 5.75 Å². The lowest BCUT2D eigenvalue weighted by Crippen LogP contribution is -2.15. The number of methoxy groups -OCH3 is 1. The molecule has 6 heteroatoms. The Balaban J connectivity index is 2.12. The number of anilines is 1. The third-order valence-corrected chi connectivity index (χ3v) is 4.06. The zero-order chi connectivity index (χ0) is 15.4. The highest BCUT2D eigenvalue weighted by Gasteiger charge is 2.20. The fourth-order valence-electron chi connectivity index (χ4n) is 2.66. The Morgan fingerprint density at radius 3 is 2.62 bits per heavy atom. The summed E-state index contributed by atoms with van der Waals surface area (Å²) in [5.41, 5.74) is 0.345. The van der Waals surface area contributed by atoms with Crippen LogP contribution in [0.2, 0.25) is 5.02 Å². The molecule has 0 unspecified atom stereocenters. The number of carboxylic acid groups (broad SMARTS) is 1. The van der Waals surface area contributed by atoms with Gasteiger partial charge in [-0.1, -0.05) is 24.4 Å². The Morgan fingerprint density at radius 1 is 1.38 bits per heavy atom. The zero-order valence-corrected chi connectivity index (χ0v) is 12.6. The molecule has 1 amide bonds. The van der Waals surface area contributed by atoms with Gasteiger partial charge >= 0.3 is 5.97 Å². The highest BCUT2D eigenvalue weighted by Crippen LogP contribution is 2.32. The molecule has 21 heavy (non-hydrogen) atoms. The van der Waals surface area contributed by atoms with E-state index in [-0.39, 0.29) is 22.2 Å². The summed E-state index contributed by atoms with van der Waals surface area (Å²) in [5.74, 6) is -0.626. The van der Waals surface area contributed by atoms with Crippen LogP contribution in [0.4, 0.5) is 5.69 Å². The van der Waals surface area contributed by atoms with Crippen LogP contribution in [0.25, 0.3) is 0 Å². The van der Waals surface area contributed by atoms with Gasteiger partial charge in [0.2, 0.25) is 5.91 Å². The molecule has 1 aliphatic rings. The number of carboxylic acids is 1. The first-order valence-corrected chi connectivity index (χ1v) is 7.29. The highest BCUT2D eigenvalue weighted by atomic mass is 35.5. The maximum atomic E-state index is 12.0. The fourth-order valence-corrected chi connectivity index (χ4v) is 2.87. The van der Waals surface area contributed by atoms with Crippen LogP contribution in [-0.2, 0) is 4.79 Å². The summed E-state index contributed by atoms with van der Waals surface area (Å²) in [7, 11) is 1.37. The third-order valence-electron chi connectivity index (χ3n) is 3.74. The first kappa shape index (κ1) is 15.6. The van der Waals surface area contributed by atoms with Crippen LogP contribution in [0.15, 0.2) is 12.1 Å². The van der Waals surface area contributed by atoms with Crippen molar-refractivity contribution in [2.45, 2.75) is 32.1 Å². The van der Waals surface area contributed by atoms with Crippen LogP contribution in [0, 0.1) is 5.92 Å². The average Bonchev–Trinajstić information content (AvgIpc) is 2.93. The number of halogens is 1. The molecule has 1 aromatic carbocycles. The predicted octanol–water partition coefficient (Wildman–Crippen LogP) is 3.57. The van der Waals surface area contributed by atoms with Gasteiger partial charge in [-0.15, -0.1) is 0 Å². The van der Waals surface area contributed by atoms with E-state index in [0.717, 1.165) is 12.8 Å². The number of hydrogen-bond donors (Lipinski definition) is 2. The third kappa shape index (κ3) is 3.88. The first-order chi connectivity index (χ1) is 10.0. The van der Waals surface area contributed by atoms with E-state index in [0.29, 0.717) is 18.0 Å². The van der Waals surface area contributed by atoms with Crippen molar-refractivity contribution in [3.05, 3.63) is 22.7 Å². The van der Waals surface area contributed by atoms with E-state index < -0.39 is 5.97 Å². The average molecular weight is 312 g/mol. The molecule has 2 N–H and O–H groups in total. The number of amides is 1. The molecule has 114 valence electrons. The topological polar surface area (TPSA) is 75.6 Å². The Labute approximate surface area is 128 Å². The molecule has 0 spiro atoms. The van der Waals surface area contributed by atoms with Crippen molar-refractivity contribution < 1.29 is 19.4 Å². The Hall–Kier alpha value is -1.75. The smallest absolute Gasteiger partial charge is 0.339 e. The van der Waals surface area contributed by atoms with E-state index >= 15 is 0 Å². The van der Waals surface area contributed by atoms with E-state index in [1.165, 1.54) is 32.1 Å². The van der Waals surface area contributed by atoms with Crippen LogP contribution in [0.5, 0.6) is 5.75 Å². The van der Waals surface area contributed by atoms with Gasteiger partial charge in [-0.05, 0) is 24.8 Å². The van der Waals surface area contributed by atoms with Gasteiger partial charge in [0.25, 0.3) is 0 Å². The van der Waals surface area contributed by atoms with E-state index in [2.05, 4.69) is 5.32 Å². The number of aromatic carboxylic acids is 1. The number of carbonyl (C=O) groups is 2. The van der Waals surface area contributed by atoms with Crippen molar-refractivity contribution in [2.24, 2.45) is 5.92 Å². The van der Waals surface area contributed by atoms with Crippen LogP contribution in [0.3, 0.4) is 0 Å². The molecule has 0 aliphatic heterocycles. The van der Waals surface area contributed by atoms with E-state index in [4.69, 9.17) is 21.4 Å². The van der Waals surface area contributed by atoms with Gasteiger partial charge in [-0.3, -0.25) is 4.79 Å². The van der Waals surface area contributed by atoms with Crippen LogP contribution in [0.1, 0.15) is 42.5 Å². The minimum Gasteiger partial charge on any atom is -0.496 e. The van der Waals surface area contributed by atoms with Crippen molar-refractivity contribution in [1.29, 1.82) is 0 Å². The van der Waals surface area contributed by atoms with Crippen LogP contribution >= 0.6 is 11.6 Å². The fraction of sp³-hybridized carbons (Fsp3) is 0.467. The van der Waals surface area contributed by atoms with Gasteiger partial charge < -0.3 is 15.2 Å². The minimum atomic E-state index is -1.13. The van der Waals surface area contributed by atoms with Crippen molar-refractivity contribution in [3.63, 3.8) is 0 Å². The number of hydrogen-bond acceptors (Lipinski definition) is 3. The lowest BCUT2D eigenvalue weighted by Gasteiger charge is -2.13. The summed E-state index contributed by atoms with van der Waals surface area (Å²) in [4.78, 5) is 23.1. The molecule has 0 radical (unpaired) electrons. The van der Waals surface area contributed by atoms with Gasteiger partial charge in [0.15, 0.2) is 0 Å². The number of benzene rings is 1. The SMILES string of the molecule is COc1cc(NC(=O)CC2CCCC2)c(Cl)cc1C(=O)O. The Kier molecular flexibility index (Phi) is 5.07. The lowest BCUT2D eigenvalue weighted by molar-refractivity contribution is -0.117. The second-order valence-corrected chi connectivity index (χ2v) is 5.65. The van der Waals surface area contributed by atoms with Crippen LogP contribution in [-0.4, -0.2) is 24.1 Å². The Morgan fingerprint density at radius 2 is 2.05 bits per heavy atom. The molecular formula is C15H18ClNO4. The maximum Gasteiger partial charge on any atom is 0.339 e. The van der Waals surface area contributed by atoms with E-state index in [1.54, 1.807) is 0 Å². The van der Waals surface area contributed by atoms with Crippen molar-refractivity contribution in [1.82, 2.24) is 0 Å². The number of rotatable bonds is 5. The molecule has 2 rings (SSSR count). The first-order valence-electron chi connectivity index (χ1n) is 6.92. The standard InChI is InChI=1S/C15H18ClNO4/c1-21-13-8-12(11(16)7-10(13)15(19)20)17-14(18)6-9-4-2-3-5-9/h7-9H,2-6H2,1H3,(H,17,18)(H,19,20). The molecule has 0 aromatic heterocycles. The molecule has 0 atom stereocenters. The number of ether oxygens (including phenoxy) is 1. The highest BCUT2D eigenvalue weighted by molar-refractivity contribution is 6.34. The largest absolute Gasteiger partial charge is 0.496 e. The van der Waals surface area contributed by atoms with Crippen molar-refractivity contribution in [2.75, 3.05) is 12.4 Å². The maximum absolute atomic E-state index is 12.0. The second kappa shape index (κ2) is 6.80. The number of nitrogens with one attached hydrogen (secondary N) is 1. The summed E-state index contributed by atoms with van der Waals surface area (Å²) in [6, 6.07) is 2.73. The zero-order valence-electron chi connectivity index (χ0n) is 11.8.